The van der Waals surface area contributed by atoms with Crippen LogP contribution >= 0.6 is 0 Å². The van der Waals surface area contributed by atoms with E-state index in [1.165, 1.54) is 11.3 Å². The molecule has 4 heteroatoms. The topological polar surface area (TPSA) is 43.0 Å². The molecule has 0 fully saturated rings. The van der Waals surface area contributed by atoms with Crippen molar-refractivity contribution in [3.8, 4) is 0 Å². The minimum absolute atomic E-state index is 0.784. The van der Waals surface area contributed by atoms with Gasteiger partial charge in [-0.3, -0.25) is 4.68 Å². The molecular formula is C14H21N3O. The van der Waals surface area contributed by atoms with E-state index < -0.39 is 0 Å². The lowest BCUT2D eigenvalue weighted by atomic mass is 10.1. The van der Waals surface area contributed by atoms with Crippen molar-refractivity contribution in [2.45, 2.75) is 33.7 Å². The van der Waals surface area contributed by atoms with Crippen molar-refractivity contribution in [1.82, 2.24) is 15.1 Å². The molecule has 2 aromatic rings. The second kappa shape index (κ2) is 5.40. The Bertz CT molecular complexity index is 525. The fraction of sp³-hybridized carbons (Fsp3) is 0.500. The molecule has 2 heterocycles. The average Bonchev–Trinajstić information content (AvgIpc) is 2.82. The highest BCUT2D eigenvalue weighted by Crippen LogP contribution is 2.12. The van der Waals surface area contributed by atoms with Crippen molar-refractivity contribution in [2.75, 3.05) is 6.54 Å². The van der Waals surface area contributed by atoms with E-state index in [9.17, 15) is 0 Å². The van der Waals surface area contributed by atoms with Crippen molar-refractivity contribution in [3.63, 3.8) is 0 Å². The fourth-order valence-corrected chi connectivity index (χ4v) is 2.18. The second-order valence-electron chi connectivity index (χ2n) is 4.71. The predicted octanol–water partition coefficient (Wildman–Crippen LogP) is 2.27. The first-order chi connectivity index (χ1) is 8.58. The van der Waals surface area contributed by atoms with Gasteiger partial charge in [-0.25, -0.2) is 0 Å². The molecule has 2 aromatic heterocycles. The van der Waals surface area contributed by atoms with Gasteiger partial charge in [0.2, 0.25) is 0 Å². The monoisotopic (exact) mass is 247 g/mol. The minimum Gasteiger partial charge on any atom is -0.465 e. The molecule has 0 saturated carbocycles. The summed E-state index contributed by atoms with van der Waals surface area (Å²) in [5, 5.41) is 7.82. The maximum absolute atomic E-state index is 5.51. The van der Waals surface area contributed by atoms with Crippen LogP contribution in [0.25, 0.3) is 0 Å². The standard InChI is InChI=1S/C14H21N3O/c1-10-5-6-13(18-10)9-15-8-7-14-11(2)16-17(4)12(14)3/h5-6,15H,7-9H2,1-4H3. The molecule has 0 radical (unpaired) electrons. The highest BCUT2D eigenvalue weighted by molar-refractivity contribution is 5.24. The Balaban J connectivity index is 1.82. The molecule has 2 rings (SSSR count). The van der Waals surface area contributed by atoms with E-state index in [0.717, 1.165) is 36.7 Å². The van der Waals surface area contributed by atoms with Crippen molar-refractivity contribution in [2.24, 2.45) is 7.05 Å². The normalized spacial score (nSPS) is 11.1. The van der Waals surface area contributed by atoms with Crippen LogP contribution in [0.4, 0.5) is 0 Å². The minimum atomic E-state index is 0.784. The molecule has 0 aliphatic heterocycles. The molecule has 0 aliphatic rings. The van der Waals surface area contributed by atoms with Gasteiger partial charge in [0.25, 0.3) is 0 Å². The fourth-order valence-electron chi connectivity index (χ4n) is 2.18. The summed E-state index contributed by atoms with van der Waals surface area (Å²) in [6, 6.07) is 4.01. The summed E-state index contributed by atoms with van der Waals surface area (Å²) < 4.78 is 7.45. The lowest BCUT2D eigenvalue weighted by Gasteiger charge is -2.04. The Morgan fingerprint density at radius 2 is 2.06 bits per heavy atom. The number of rotatable bonds is 5. The van der Waals surface area contributed by atoms with Gasteiger partial charge in [0.15, 0.2) is 0 Å². The zero-order valence-corrected chi connectivity index (χ0v) is 11.6. The van der Waals surface area contributed by atoms with Crippen LogP contribution in [0, 0.1) is 20.8 Å². The van der Waals surface area contributed by atoms with E-state index in [1.54, 1.807) is 0 Å². The van der Waals surface area contributed by atoms with Crippen molar-refractivity contribution >= 4 is 0 Å². The molecule has 4 nitrogen and oxygen atoms in total. The summed E-state index contributed by atoms with van der Waals surface area (Å²) in [6.07, 6.45) is 1.01. The van der Waals surface area contributed by atoms with Crippen molar-refractivity contribution in [3.05, 3.63) is 40.6 Å². The maximum atomic E-state index is 5.51. The molecule has 0 aromatic carbocycles. The largest absolute Gasteiger partial charge is 0.465 e. The molecule has 98 valence electrons. The third kappa shape index (κ3) is 2.82. The number of nitrogens with zero attached hydrogens (tertiary/aromatic N) is 2. The summed E-state index contributed by atoms with van der Waals surface area (Å²) in [4.78, 5) is 0. The van der Waals surface area contributed by atoms with Crippen LogP contribution in [0.2, 0.25) is 0 Å². The van der Waals surface area contributed by atoms with Gasteiger partial charge in [-0.15, -0.1) is 0 Å². The summed E-state index contributed by atoms with van der Waals surface area (Å²) in [5.74, 6) is 1.96. The van der Waals surface area contributed by atoms with Gasteiger partial charge in [-0.05, 0) is 51.4 Å². The van der Waals surface area contributed by atoms with E-state index in [0.29, 0.717) is 0 Å². The van der Waals surface area contributed by atoms with Crippen LogP contribution in [-0.4, -0.2) is 16.3 Å². The van der Waals surface area contributed by atoms with Crippen molar-refractivity contribution in [1.29, 1.82) is 0 Å². The molecule has 0 atom stereocenters. The molecule has 1 N–H and O–H groups in total. The second-order valence-corrected chi connectivity index (χ2v) is 4.71. The molecule has 0 saturated heterocycles. The van der Waals surface area contributed by atoms with Crippen molar-refractivity contribution < 1.29 is 4.42 Å². The molecular weight excluding hydrogens is 226 g/mol. The molecule has 0 spiro atoms. The predicted molar refractivity (Wildman–Crippen MR) is 71.5 cm³/mol. The number of nitrogens with one attached hydrogen (secondary N) is 1. The Morgan fingerprint density at radius 3 is 2.61 bits per heavy atom. The summed E-state index contributed by atoms with van der Waals surface area (Å²) in [6.45, 7) is 7.87. The summed E-state index contributed by atoms with van der Waals surface area (Å²) in [5.41, 5.74) is 3.73. The maximum Gasteiger partial charge on any atom is 0.117 e. The Kier molecular flexibility index (Phi) is 3.87. The van der Waals surface area contributed by atoms with Crippen LogP contribution < -0.4 is 5.32 Å². The zero-order valence-electron chi connectivity index (χ0n) is 11.6. The van der Waals surface area contributed by atoms with Gasteiger partial charge in [0.1, 0.15) is 11.5 Å². The third-order valence-electron chi connectivity index (χ3n) is 3.31. The first-order valence-corrected chi connectivity index (χ1v) is 6.33. The van der Waals surface area contributed by atoms with Gasteiger partial charge in [-0.1, -0.05) is 0 Å². The molecule has 0 amide bonds. The first kappa shape index (κ1) is 12.9. The highest BCUT2D eigenvalue weighted by atomic mass is 16.3. The van der Waals surface area contributed by atoms with E-state index >= 15 is 0 Å². The lowest BCUT2D eigenvalue weighted by molar-refractivity contribution is 0.462. The quantitative estimate of drug-likeness (QED) is 0.824. The first-order valence-electron chi connectivity index (χ1n) is 6.33. The van der Waals surface area contributed by atoms with Crippen LogP contribution in [0.15, 0.2) is 16.5 Å². The van der Waals surface area contributed by atoms with Gasteiger partial charge in [0, 0.05) is 12.7 Å². The van der Waals surface area contributed by atoms with E-state index in [1.807, 2.05) is 30.8 Å². The number of aryl methyl sites for hydroxylation is 3. The average molecular weight is 247 g/mol. The van der Waals surface area contributed by atoms with Crippen LogP contribution in [-0.2, 0) is 20.0 Å². The summed E-state index contributed by atoms with van der Waals surface area (Å²) in [7, 11) is 1.99. The SMILES string of the molecule is Cc1ccc(CNCCc2c(C)nn(C)c2C)o1. The third-order valence-corrected chi connectivity index (χ3v) is 3.31. The summed E-state index contributed by atoms with van der Waals surface area (Å²) >= 11 is 0. The van der Waals surface area contributed by atoms with Gasteiger partial charge < -0.3 is 9.73 Å². The molecule has 0 unspecified atom stereocenters. The lowest BCUT2D eigenvalue weighted by Crippen LogP contribution is -2.16. The number of aromatic nitrogens is 2. The van der Waals surface area contributed by atoms with Gasteiger partial charge >= 0.3 is 0 Å². The van der Waals surface area contributed by atoms with E-state index in [4.69, 9.17) is 4.42 Å². The number of hydrogen-bond donors (Lipinski definition) is 1. The molecule has 0 aliphatic carbocycles. The number of hydrogen-bond acceptors (Lipinski definition) is 3. The van der Waals surface area contributed by atoms with Crippen LogP contribution in [0.1, 0.15) is 28.5 Å². The Labute approximate surface area is 108 Å². The zero-order chi connectivity index (χ0) is 13.1. The van der Waals surface area contributed by atoms with Gasteiger partial charge in [0.05, 0.1) is 12.2 Å². The van der Waals surface area contributed by atoms with E-state index in [-0.39, 0.29) is 0 Å². The smallest absolute Gasteiger partial charge is 0.117 e. The van der Waals surface area contributed by atoms with E-state index in [2.05, 4.69) is 24.3 Å². The van der Waals surface area contributed by atoms with Gasteiger partial charge in [-0.2, -0.15) is 5.10 Å². The highest BCUT2D eigenvalue weighted by Gasteiger charge is 2.08. The van der Waals surface area contributed by atoms with Crippen LogP contribution in [0.3, 0.4) is 0 Å². The molecule has 0 bridgehead atoms. The Hall–Kier alpha value is -1.55. The Morgan fingerprint density at radius 1 is 1.28 bits per heavy atom. The number of furan rings is 1. The molecule has 18 heavy (non-hydrogen) atoms. The van der Waals surface area contributed by atoms with Crippen LogP contribution in [0.5, 0.6) is 0 Å².